The minimum atomic E-state index is -0.0736. The molecule has 1 atom stereocenters. The molecule has 1 aromatic carbocycles. The Labute approximate surface area is 78.1 Å². The minimum Gasteiger partial charge on any atom is -0.504 e. The summed E-state index contributed by atoms with van der Waals surface area (Å²) in [4.78, 5) is 0. The number of aromatic hydroxyl groups is 1. The molecular weight excluding hydrogens is 166 g/mol. The molecule has 0 amide bonds. The summed E-state index contributed by atoms with van der Waals surface area (Å²) in [6.07, 6.45) is 0. The molecule has 13 heavy (non-hydrogen) atoms. The molecule has 0 aromatic heterocycles. The largest absolute Gasteiger partial charge is 0.504 e. The molecule has 0 saturated carbocycles. The third kappa shape index (κ3) is 1.92. The van der Waals surface area contributed by atoms with Gasteiger partial charge < -0.3 is 15.6 Å². The first-order chi connectivity index (χ1) is 6.06. The molecule has 0 saturated heterocycles. The van der Waals surface area contributed by atoms with E-state index in [1.54, 1.807) is 6.07 Å². The molecule has 1 aromatic rings. The van der Waals surface area contributed by atoms with Crippen molar-refractivity contribution in [3.05, 3.63) is 23.3 Å². The summed E-state index contributed by atoms with van der Waals surface area (Å²) in [6.45, 7) is 3.76. The van der Waals surface area contributed by atoms with Crippen LogP contribution < -0.4 is 10.5 Å². The zero-order valence-electron chi connectivity index (χ0n) is 8.16. The van der Waals surface area contributed by atoms with Gasteiger partial charge in [-0.25, -0.2) is 0 Å². The highest BCUT2D eigenvalue weighted by Gasteiger charge is 2.09. The van der Waals surface area contributed by atoms with Gasteiger partial charge in [-0.3, -0.25) is 0 Å². The monoisotopic (exact) mass is 181 g/mol. The maximum absolute atomic E-state index is 9.54. The summed E-state index contributed by atoms with van der Waals surface area (Å²) >= 11 is 0. The molecule has 3 nitrogen and oxygen atoms in total. The summed E-state index contributed by atoms with van der Waals surface area (Å²) in [7, 11) is 1.54. The number of methoxy groups -OCH3 is 1. The highest BCUT2D eigenvalue weighted by molar-refractivity contribution is 5.48. The van der Waals surface area contributed by atoms with Crippen molar-refractivity contribution >= 4 is 0 Å². The lowest BCUT2D eigenvalue weighted by atomic mass is 10.0. The Morgan fingerprint density at radius 2 is 2.08 bits per heavy atom. The van der Waals surface area contributed by atoms with Crippen molar-refractivity contribution in [3.8, 4) is 11.5 Å². The van der Waals surface area contributed by atoms with Gasteiger partial charge in [0.1, 0.15) is 0 Å². The Balaban J connectivity index is 3.20. The fourth-order valence-corrected chi connectivity index (χ4v) is 1.31. The van der Waals surface area contributed by atoms with Crippen molar-refractivity contribution < 1.29 is 9.84 Å². The second-order valence-corrected chi connectivity index (χ2v) is 3.18. The van der Waals surface area contributed by atoms with E-state index >= 15 is 0 Å². The Kier molecular flexibility index (Phi) is 2.78. The summed E-state index contributed by atoms with van der Waals surface area (Å²) in [5.41, 5.74) is 7.50. The third-order valence-electron chi connectivity index (χ3n) is 2.01. The summed E-state index contributed by atoms with van der Waals surface area (Å²) in [5.74, 6) is 0.666. The van der Waals surface area contributed by atoms with Crippen LogP contribution in [0.25, 0.3) is 0 Å². The first-order valence-electron chi connectivity index (χ1n) is 4.19. The fourth-order valence-electron chi connectivity index (χ4n) is 1.31. The van der Waals surface area contributed by atoms with E-state index in [4.69, 9.17) is 10.5 Å². The van der Waals surface area contributed by atoms with E-state index in [0.29, 0.717) is 5.75 Å². The number of nitrogens with two attached hydrogens (primary N) is 1. The molecule has 3 heteroatoms. The van der Waals surface area contributed by atoms with Gasteiger partial charge in [-0.1, -0.05) is 6.07 Å². The number of ether oxygens (including phenoxy) is 1. The zero-order chi connectivity index (χ0) is 10.0. The van der Waals surface area contributed by atoms with Crippen LogP contribution >= 0.6 is 0 Å². The maximum Gasteiger partial charge on any atom is 0.163 e. The topological polar surface area (TPSA) is 55.5 Å². The standard InChI is InChI=1S/C10H15NO2/c1-6-4-8(7(2)11)5-9(12)10(6)13-3/h4-5,7,12H,11H2,1-3H3. The zero-order valence-corrected chi connectivity index (χ0v) is 8.16. The Hall–Kier alpha value is -1.22. The molecule has 1 unspecified atom stereocenters. The van der Waals surface area contributed by atoms with Crippen LogP contribution in [0.3, 0.4) is 0 Å². The van der Waals surface area contributed by atoms with Crippen LogP contribution in [0.15, 0.2) is 12.1 Å². The molecule has 0 radical (unpaired) electrons. The van der Waals surface area contributed by atoms with Crippen LogP contribution in [0.4, 0.5) is 0 Å². The molecule has 3 N–H and O–H groups in total. The van der Waals surface area contributed by atoms with Gasteiger partial charge in [0.2, 0.25) is 0 Å². The minimum absolute atomic E-state index is 0.0736. The Morgan fingerprint density at radius 1 is 1.46 bits per heavy atom. The van der Waals surface area contributed by atoms with Gasteiger partial charge in [0.15, 0.2) is 11.5 Å². The molecule has 1 rings (SSSR count). The molecule has 0 aliphatic heterocycles. The van der Waals surface area contributed by atoms with Crippen molar-refractivity contribution in [1.82, 2.24) is 0 Å². The van der Waals surface area contributed by atoms with Crippen LogP contribution in [0.1, 0.15) is 24.1 Å². The lowest BCUT2D eigenvalue weighted by Crippen LogP contribution is -2.05. The normalized spacial score (nSPS) is 12.6. The predicted molar refractivity (Wildman–Crippen MR) is 52.0 cm³/mol. The van der Waals surface area contributed by atoms with Crippen LogP contribution in [-0.4, -0.2) is 12.2 Å². The number of hydrogen-bond acceptors (Lipinski definition) is 3. The van der Waals surface area contributed by atoms with Crippen molar-refractivity contribution in [3.63, 3.8) is 0 Å². The van der Waals surface area contributed by atoms with E-state index in [0.717, 1.165) is 11.1 Å². The molecule has 0 heterocycles. The molecule has 0 aliphatic rings. The van der Waals surface area contributed by atoms with Crippen LogP contribution in [0.2, 0.25) is 0 Å². The quantitative estimate of drug-likeness (QED) is 0.730. The van der Waals surface area contributed by atoms with E-state index in [1.165, 1.54) is 7.11 Å². The van der Waals surface area contributed by atoms with Crippen molar-refractivity contribution in [2.45, 2.75) is 19.9 Å². The maximum atomic E-state index is 9.54. The molecule has 0 spiro atoms. The summed E-state index contributed by atoms with van der Waals surface area (Å²) < 4.78 is 5.02. The molecular formula is C10H15NO2. The van der Waals surface area contributed by atoms with Gasteiger partial charge in [-0.05, 0) is 31.0 Å². The van der Waals surface area contributed by atoms with E-state index in [2.05, 4.69) is 0 Å². The second kappa shape index (κ2) is 3.66. The number of rotatable bonds is 2. The SMILES string of the molecule is COc1c(C)cc(C(C)N)cc1O. The van der Waals surface area contributed by atoms with Gasteiger partial charge >= 0.3 is 0 Å². The summed E-state index contributed by atoms with van der Waals surface area (Å²) in [6, 6.07) is 3.48. The predicted octanol–water partition coefficient (Wildman–Crippen LogP) is 1.73. The van der Waals surface area contributed by atoms with Gasteiger partial charge in [0.25, 0.3) is 0 Å². The van der Waals surface area contributed by atoms with Crippen LogP contribution in [-0.2, 0) is 0 Å². The fraction of sp³-hybridized carbons (Fsp3) is 0.400. The van der Waals surface area contributed by atoms with Crippen molar-refractivity contribution in [1.29, 1.82) is 0 Å². The van der Waals surface area contributed by atoms with E-state index in [9.17, 15) is 5.11 Å². The number of phenolic OH excluding ortho intramolecular Hbond substituents is 1. The third-order valence-corrected chi connectivity index (χ3v) is 2.01. The summed E-state index contributed by atoms with van der Waals surface area (Å²) in [5, 5.41) is 9.54. The van der Waals surface area contributed by atoms with Crippen molar-refractivity contribution in [2.75, 3.05) is 7.11 Å². The van der Waals surface area contributed by atoms with Crippen molar-refractivity contribution in [2.24, 2.45) is 5.73 Å². The Morgan fingerprint density at radius 3 is 2.46 bits per heavy atom. The van der Waals surface area contributed by atoms with Gasteiger partial charge in [0.05, 0.1) is 7.11 Å². The highest BCUT2D eigenvalue weighted by atomic mass is 16.5. The van der Waals surface area contributed by atoms with E-state index in [1.807, 2.05) is 19.9 Å². The molecule has 0 fully saturated rings. The van der Waals surface area contributed by atoms with E-state index in [-0.39, 0.29) is 11.8 Å². The average molecular weight is 181 g/mol. The number of benzene rings is 1. The highest BCUT2D eigenvalue weighted by Crippen LogP contribution is 2.32. The number of hydrogen-bond donors (Lipinski definition) is 2. The van der Waals surface area contributed by atoms with Gasteiger partial charge in [-0.2, -0.15) is 0 Å². The number of phenols is 1. The van der Waals surface area contributed by atoms with Crippen LogP contribution in [0.5, 0.6) is 11.5 Å². The lowest BCUT2D eigenvalue weighted by Gasteiger charge is -2.11. The average Bonchev–Trinajstić information content (AvgIpc) is 2.03. The molecule has 0 aliphatic carbocycles. The number of aryl methyl sites for hydroxylation is 1. The lowest BCUT2D eigenvalue weighted by molar-refractivity contribution is 0.370. The van der Waals surface area contributed by atoms with E-state index < -0.39 is 0 Å². The van der Waals surface area contributed by atoms with Gasteiger partial charge in [-0.15, -0.1) is 0 Å². The Bertz CT molecular complexity index is 285. The first kappa shape index (κ1) is 9.86. The first-order valence-corrected chi connectivity index (χ1v) is 4.19. The molecule has 72 valence electrons. The smallest absolute Gasteiger partial charge is 0.163 e. The van der Waals surface area contributed by atoms with Gasteiger partial charge in [0, 0.05) is 6.04 Å². The molecule has 0 bridgehead atoms. The van der Waals surface area contributed by atoms with Crippen LogP contribution in [0, 0.1) is 6.92 Å². The second-order valence-electron chi connectivity index (χ2n) is 3.18.